The van der Waals surface area contributed by atoms with Gasteiger partial charge in [-0.3, -0.25) is 4.90 Å². The van der Waals surface area contributed by atoms with Gasteiger partial charge in [0, 0.05) is 26.2 Å². The fourth-order valence-corrected chi connectivity index (χ4v) is 2.21. The zero-order chi connectivity index (χ0) is 14.6. The highest BCUT2D eigenvalue weighted by Crippen LogP contribution is 2.11. The molecule has 1 aromatic rings. The molecule has 0 atom stereocenters. The van der Waals surface area contributed by atoms with E-state index in [1.165, 1.54) is 17.5 Å². The molecule has 1 rings (SSSR count). The molecule has 114 valence electrons. The molecule has 0 spiro atoms. The minimum atomic E-state index is 0.801. The molecular formula is C17H30N2O. The van der Waals surface area contributed by atoms with Gasteiger partial charge in [-0.05, 0) is 37.6 Å². The van der Waals surface area contributed by atoms with E-state index in [1.807, 2.05) is 6.92 Å². The summed E-state index contributed by atoms with van der Waals surface area (Å²) in [6.45, 7) is 13.2. The molecule has 0 aromatic heterocycles. The predicted octanol–water partition coefficient (Wildman–Crippen LogP) is 3.04. The van der Waals surface area contributed by atoms with E-state index in [2.05, 4.69) is 48.3 Å². The molecule has 0 radical (unpaired) electrons. The van der Waals surface area contributed by atoms with Gasteiger partial charge in [-0.2, -0.15) is 0 Å². The van der Waals surface area contributed by atoms with Gasteiger partial charge in [-0.25, -0.2) is 0 Å². The van der Waals surface area contributed by atoms with Gasteiger partial charge >= 0.3 is 0 Å². The van der Waals surface area contributed by atoms with Crippen LogP contribution in [-0.4, -0.2) is 37.7 Å². The molecule has 0 bridgehead atoms. The molecule has 1 N–H and O–H groups in total. The summed E-state index contributed by atoms with van der Waals surface area (Å²) in [5, 5.41) is 3.49. The number of benzene rings is 1. The van der Waals surface area contributed by atoms with Crippen molar-refractivity contribution in [2.45, 2.75) is 40.3 Å². The monoisotopic (exact) mass is 278 g/mol. The zero-order valence-corrected chi connectivity index (χ0v) is 13.3. The summed E-state index contributed by atoms with van der Waals surface area (Å²) >= 11 is 0. The lowest BCUT2D eigenvalue weighted by molar-refractivity contribution is 0.113. The molecular weight excluding hydrogens is 248 g/mol. The number of hydrogen-bond acceptors (Lipinski definition) is 3. The van der Waals surface area contributed by atoms with Gasteiger partial charge in [0.2, 0.25) is 0 Å². The number of likely N-dealkylation sites (N-methyl/N-ethyl adjacent to an activating group) is 1. The third kappa shape index (κ3) is 6.51. The third-order valence-corrected chi connectivity index (χ3v) is 3.46. The topological polar surface area (TPSA) is 24.5 Å². The fraction of sp³-hybridized carbons (Fsp3) is 0.647. The minimum Gasteiger partial charge on any atom is -0.380 e. The summed E-state index contributed by atoms with van der Waals surface area (Å²) < 4.78 is 5.46. The first kappa shape index (κ1) is 17.2. The highest BCUT2D eigenvalue weighted by molar-refractivity contribution is 5.27. The van der Waals surface area contributed by atoms with E-state index in [-0.39, 0.29) is 0 Å². The molecule has 0 aliphatic heterocycles. The molecule has 1 aromatic carbocycles. The average Bonchev–Trinajstić information content (AvgIpc) is 2.48. The van der Waals surface area contributed by atoms with Crippen LogP contribution in [0.5, 0.6) is 0 Å². The molecule has 0 aliphatic rings. The van der Waals surface area contributed by atoms with Crippen LogP contribution in [0, 0.1) is 0 Å². The Balaban J connectivity index is 2.55. The Hall–Kier alpha value is -0.900. The maximum Gasteiger partial charge on any atom is 0.0593 e. The van der Waals surface area contributed by atoms with Crippen molar-refractivity contribution in [3.8, 4) is 0 Å². The van der Waals surface area contributed by atoms with Crippen molar-refractivity contribution in [1.82, 2.24) is 10.2 Å². The van der Waals surface area contributed by atoms with E-state index >= 15 is 0 Å². The summed E-state index contributed by atoms with van der Waals surface area (Å²) in [5.41, 5.74) is 2.84. The second-order valence-corrected chi connectivity index (χ2v) is 5.01. The van der Waals surface area contributed by atoms with Crippen molar-refractivity contribution in [1.29, 1.82) is 0 Å². The predicted molar refractivity (Wildman–Crippen MR) is 85.9 cm³/mol. The lowest BCUT2D eigenvalue weighted by Crippen LogP contribution is -2.28. The van der Waals surface area contributed by atoms with E-state index in [1.54, 1.807) is 0 Å². The Labute approximate surface area is 124 Å². The first-order chi connectivity index (χ1) is 9.81. The normalized spacial score (nSPS) is 11.2. The van der Waals surface area contributed by atoms with Crippen molar-refractivity contribution in [3.63, 3.8) is 0 Å². The standard InChI is InChI=1S/C17H30N2O/c1-4-11-18-14-16-9-7-8-10-17(16)15-19(5-2)12-13-20-6-3/h7-10,18H,4-6,11-15H2,1-3H3. The number of hydrogen-bond donors (Lipinski definition) is 1. The molecule has 0 aliphatic carbocycles. The van der Waals surface area contributed by atoms with Crippen LogP contribution in [-0.2, 0) is 17.8 Å². The van der Waals surface area contributed by atoms with Gasteiger partial charge in [0.15, 0.2) is 0 Å². The van der Waals surface area contributed by atoms with E-state index in [0.29, 0.717) is 0 Å². The van der Waals surface area contributed by atoms with Gasteiger partial charge in [0.1, 0.15) is 0 Å². The zero-order valence-electron chi connectivity index (χ0n) is 13.3. The molecule has 0 heterocycles. The van der Waals surface area contributed by atoms with Crippen LogP contribution in [0.1, 0.15) is 38.3 Å². The fourth-order valence-electron chi connectivity index (χ4n) is 2.21. The highest BCUT2D eigenvalue weighted by Gasteiger charge is 2.07. The lowest BCUT2D eigenvalue weighted by Gasteiger charge is -2.22. The first-order valence-electron chi connectivity index (χ1n) is 7.89. The summed E-state index contributed by atoms with van der Waals surface area (Å²) in [6.07, 6.45) is 1.18. The second kappa shape index (κ2) is 10.8. The molecule has 0 unspecified atom stereocenters. The maximum absolute atomic E-state index is 5.46. The Kier molecular flexibility index (Phi) is 9.29. The van der Waals surface area contributed by atoms with Gasteiger partial charge in [0.25, 0.3) is 0 Å². The summed E-state index contributed by atoms with van der Waals surface area (Å²) in [6, 6.07) is 8.73. The van der Waals surface area contributed by atoms with Crippen LogP contribution in [0.3, 0.4) is 0 Å². The van der Waals surface area contributed by atoms with Crippen LogP contribution in [0.4, 0.5) is 0 Å². The van der Waals surface area contributed by atoms with Crippen LogP contribution in [0.25, 0.3) is 0 Å². The third-order valence-electron chi connectivity index (χ3n) is 3.46. The van der Waals surface area contributed by atoms with Crippen molar-refractivity contribution in [2.75, 3.05) is 32.8 Å². The molecule has 0 saturated heterocycles. The Morgan fingerprint density at radius 2 is 1.85 bits per heavy atom. The second-order valence-electron chi connectivity index (χ2n) is 5.01. The van der Waals surface area contributed by atoms with Crippen LogP contribution in [0.2, 0.25) is 0 Å². The SMILES string of the molecule is CCCNCc1ccccc1CN(CC)CCOCC. The minimum absolute atomic E-state index is 0.801. The Morgan fingerprint density at radius 3 is 2.50 bits per heavy atom. The highest BCUT2D eigenvalue weighted by atomic mass is 16.5. The molecule has 3 nitrogen and oxygen atoms in total. The molecule has 0 saturated carbocycles. The van der Waals surface area contributed by atoms with Gasteiger partial charge < -0.3 is 10.1 Å². The van der Waals surface area contributed by atoms with E-state index in [9.17, 15) is 0 Å². The molecule has 0 fully saturated rings. The van der Waals surface area contributed by atoms with Crippen molar-refractivity contribution < 1.29 is 4.74 Å². The quantitative estimate of drug-likeness (QED) is 0.630. The first-order valence-corrected chi connectivity index (χ1v) is 7.89. The number of ether oxygens (including phenoxy) is 1. The van der Waals surface area contributed by atoms with Gasteiger partial charge in [-0.1, -0.05) is 38.1 Å². The van der Waals surface area contributed by atoms with Crippen molar-refractivity contribution >= 4 is 0 Å². The number of rotatable bonds is 11. The summed E-state index contributed by atoms with van der Waals surface area (Å²) in [5.74, 6) is 0. The van der Waals surface area contributed by atoms with Crippen molar-refractivity contribution in [2.24, 2.45) is 0 Å². The van der Waals surface area contributed by atoms with E-state index < -0.39 is 0 Å². The van der Waals surface area contributed by atoms with Crippen LogP contribution in [0.15, 0.2) is 24.3 Å². The molecule has 3 heteroatoms. The van der Waals surface area contributed by atoms with Crippen molar-refractivity contribution in [3.05, 3.63) is 35.4 Å². The Morgan fingerprint density at radius 1 is 1.10 bits per heavy atom. The molecule has 20 heavy (non-hydrogen) atoms. The summed E-state index contributed by atoms with van der Waals surface area (Å²) in [4.78, 5) is 2.44. The van der Waals surface area contributed by atoms with Crippen LogP contribution < -0.4 is 5.32 Å². The van der Waals surface area contributed by atoms with E-state index in [4.69, 9.17) is 4.74 Å². The smallest absolute Gasteiger partial charge is 0.0593 e. The van der Waals surface area contributed by atoms with Gasteiger partial charge in [-0.15, -0.1) is 0 Å². The van der Waals surface area contributed by atoms with Gasteiger partial charge in [0.05, 0.1) is 6.61 Å². The largest absolute Gasteiger partial charge is 0.380 e. The maximum atomic E-state index is 5.46. The average molecular weight is 278 g/mol. The number of nitrogens with one attached hydrogen (secondary N) is 1. The summed E-state index contributed by atoms with van der Waals surface area (Å²) in [7, 11) is 0. The lowest BCUT2D eigenvalue weighted by atomic mass is 10.1. The van der Waals surface area contributed by atoms with E-state index in [0.717, 1.165) is 45.9 Å². The Bertz CT molecular complexity index is 355. The number of nitrogens with zero attached hydrogens (tertiary/aromatic N) is 1. The molecule has 0 amide bonds. The van der Waals surface area contributed by atoms with Crippen LogP contribution >= 0.6 is 0 Å².